The second kappa shape index (κ2) is 5.58. The molecule has 0 saturated carbocycles. The number of nitrogens with zero attached hydrogens (tertiary/aromatic N) is 2. The molecule has 0 fully saturated rings. The van der Waals surface area contributed by atoms with E-state index in [1.807, 2.05) is 0 Å². The van der Waals surface area contributed by atoms with Gasteiger partial charge in [0, 0.05) is 6.54 Å². The number of aromatic nitrogens is 3. The maximum Gasteiger partial charge on any atom is 0.343 e. The van der Waals surface area contributed by atoms with Crippen molar-refractivity contribution in [2.75, 3.05) is 0 Å². The Labute approximate surface area is 113 Å². The van der Waals surface area contributed by atoms with Crippen LogP contribution in [-0.2, 0) is 6.54 Å². The summed E-state index contributed by atoms with van der Waals surface area (Å²) in [6, 6.07) is 4.51. The molecular formula is C12H14FN3O2S. The molecule has 5 nitrogen and oxygen atoms in total. The second-order valence-electron chi connectivity index (χ2n) is 3.99. The molecule has 1 heterocycles. The maximum atomic E-state index is 13.9. The summed E-state index contributed by atoms with van der Waals surface area (Å²) in [5.41, 5.74) is 0.142. The lowest BCUT2D eigenvalue weighted by Gasteiger charge is -2.12. The number of aliphatic hydroxyl groups excluding tert-OH is 1. The van der Waals surface area contributed by atoms with E-state index in [-0.39, 0.29) is 10.6 Å². The third-order valence-corrected chi connectivity index (χ3v) is 3.81. The predicted molar refractivity (Wildman–Crippen MR) is 69.7 cm³/mol. The lowest BCUT2D eigenvalue weighted by Crippen LogP contribution is -2.16. The standard InChI is InChI=1S/C12H14FN3O2S/c1-3-16-11(18)14-15-12(16)19-10-8(7(2)17)5-4-6-9(10)13/h4-7,17H,3H2,1-2H3,(H,14,18)/t7-/m1/s1. The zero-order valence-electron chi connectivity index (χ0n) is 10.6. The highest BCUT2D eigenvalue weighted by Gasteiger charge is 2.17. The molecule has 0 unspecified atom stereocenters. The van der Waals surface area contributed by atoms with Crippen LogP contribution in [0, 0.1) is 5.82 Å². The molecule has 2 aromatic rings. The topological polar surface area (TPSA) is 70.9 Å². The molecule has 1 aromatic heterocycles. The molecule has 1 aromatic carbocycles. The number of hydrogen-bond acceptors (Lipinski definition) is 4. The summed E-state index contributed by atoms with van der Waals surface area (Å²) in [7, 11) is 0. The van der Waals surface area contributed by atoms with E-state index in [1.165, 1.54) is 10.6 Å². The van der Waals surface area contributed by atoms with Crippen LogP contribution in [0.4, 0.5) is 4.39 Å². The van der Waals surface area contributed by atoms with Crippen LogP contribution in [-0.4, -0.2) is 19.9 Å². The van der Waals surface area contributed by atoms with Crippen LogP contribution in [0.15, 0.2) is 33.0 Å². The Morgan fingerprint density at radius 3 is 2.95 bits per heavy atom. The van der Waals surface area contributed by atoms with Gasteiger partial charge in [0.2, 0.25) is 0 Å². The predicted octanol–water partition coefficient (Wildman–Crippen LogP) is 1.93. The number of benzene rings is 1. The third-order valence-electron chi connectivity index (χ3n) is 2.68. The van der Waals surface area contributed by atoms with Gasteiger partial charge >= 0.3 is 5.69 Å². The van der Waals surface area contributed by atoms with Crippen molar-refractivity contribution in [2.24, 2.45) is 0 Å². The van der Waals surface area contributed by atoms with Crippen molar-refractivity contribution in [1.82, 2.24) is 14.8 Å². The fourth-order valence-corrected chi connectivity index (χ4v) is 2.83. The molecule has 2 N–H and O–H groups in total. The molecular weight excluding hydrogens is 269 g/mol. The number of aliphatic hydroxyl groups is 1. The highest BCUT2D eigenvalue weighted by atomic mass is 32.2. The van der Waals surface area contributed by atoms with E-state index in [2.05, 4.69) is 10.2 Å². The first-order chi connectivity index (χ1) is 9.04. The van der Waals surface area contributed by atoms with Gasteiger partial charge in [-0.3, -0.25) is 4.57 Å². The van der Waals surface area contributed by atoms with Gasteiger partial charge in [-0.05, 0) is 37.2 Å². The summed E-state index contributed by atoms with van der Waals surface area (Å²) in [6.07, 6.45) is -0.793. The smallest absolute Gasteiger partial charge is 0.343 e. The molecule has 0 radical (unpaired) electrons. The summed E-state index contributed by atoms with van der Waals surface area (Å²) in [5.74, 6) is -0.443. The van der Waals surface area contributed by atoms with Crippen LogP contribution < -0.4 is 5.69 Å². The Kier molecular flexibility index (Phi) is 4.06. The minimum absolute atomic E-state index is 0.284. The zero-order valence-corrected chi connectivity index (χ0v) is 11.4. The number of rotatable bonds is 4. The van der Waals surface area contributed by atoms with Crippen molar-refractivity contribution in [3.63, 3.8) is 0 Å². The summed E-state index contributed by atoms with van der Waals surface area (Å²) >= 11 is 1.03. The monoisotopic (exact) mass is 283 g/mol. The van der Waals surface area contributed by atoms with Gasteiger partial charge < -0.3 is 5.11 Å². The van der Waals surface area contributed by atoms with E-state index >= 15 is 0 Å². The Morgan fingerprint density at radius 1 is 1.58 bits per heavy atom. The Bertz CT molecular complexity index is 636. The van der Waals surface area contributed by atoms with Gasteiger partial charge in [0.15, 0.2) is 5.16 Å². The van der Waals surface area contributed by atoms with E-state index in [9.17, 15) is 14.3 Å². The SMILES string of the molecule is CCn1c(Sc2c(F)cccc2[C@@H](C)O)n[nH]c1=O. The van der Waals surface area contributed by atoms with E-state index in [4.69, 9.17) is 0 Å². The number of hydrogen-bond donors (Lipinski definition) is 2. The van der Waals surface area contributed by atoms with Gasteiger partial charge in [-0.15, -0.1) is 5.10 Å². The van der Waals surface area contributed by atoms with E-state index in [0.717, 1.165) is 11.8 Å². The molecule has 2 rings (SSSR count). The molecule has 0 aliphatic rings. The van der Waals surface area contributed by atoms with Crippen molar-refractivity contribution in [3.05, 3.63) is 40.1 Å². The number of H-pyrrole nitrogens is 1. The van der Waals surface area contributed by atoms with Gasteiger partial charge in [0.25, 0.3) is 0 Å². The molecule has 0 aliphatic heterocycles. The highest BCUT2D eigenvalue weighted by molar-refractivity contribution is 7.99. The minimum atomic E-state index is -0.793. The summed E-state index contributed by atoms with van der Waals surface area (Å²) in [4.78, 5) is 11.7. The molecule has 0 saturated heterocycles. The Hall–Kier alpha value is -1.60. The quantitative estimate of drug-likeness (QED) is 0.899. The van der Waals surface area contributed by atoms with Gasteiger partial charge in [0.05, 0.1) is 11.0 Å². The molecule has 0 amide bonds. The zero-order chi connectivity index (χ0) is 14.0. The van der Waals surface area contributed by atoms with Gasteiger partial charge in [-0.25, -0.2) is 14.3 Å². The molecule has 0 bridgehead atoms. The van der Waals surface area contributed by atoms with Crippen molar-refractivity contribution < 1.29 is 9.50 Å². The fraction of sp³-hybridized carbons (Fsp3) is 0.333. The van der Waals surface area contributed by atoms with Crippen LogP contribution in [0.2, 0.25) is 0 Å². The lowest BCUT2D eigenvalue weighted by molar-refractivity contribution is 0.195. The summed E-state index contributed by atoms with van der Waals surface area (Å²) < 4.78 is 15.3. The van der Waals surface area contributed by atoms with Crippen molar-refractivity contribution in [2.45, 2.75) is 36.5 Å². The van der Waals surface area contributed by atoms with Crippen LogP contribution in [0.1, 0.15) is 25.5 Å². The van der Waals surface area contributed by atoms with E-state index in [1.54, 1.807) is 26.0 Å². The van der Waals surface area contributed by atoms with Crippen molar-refractivity contribution in [3.8, 4) is 0 Å². The largest absolute Gasteiger partial charge is 0.389 e. The Morgan fingerprint density at radius 2 is 2.32 bits per heavy atom. The molecule has 7 heteroatoms. The fourth-order valence-electron chi connectivity index (χ4n) is 1.71. The normalized spacial score (nSPS) is 12.6. The maximum absolute atomic E-state index is 13.9. The average molecular weight is 283 g/mol. The van der Waals surface area contributed by atoms with E-state index in [0.29, 0.717) is 17.3 Å². The number of halogens is 1. The van der Waals surface area contributed by atoms with E-state index < -0.39 is 11.9 Å². The van der Waals surface area contributed by atoms with Gasteiger partial charge in [-0.2, -0.15) is 0 Å². The number of aromatic amines is 1. The average Bonchev–Trinajstić information content (AvgIpc) is 2.72. The van der Waals surface area contributed by atoms with Crippen LogP contribution >= 0.6 is 11.8 Å². The second-order valence-corrected chi connectivity index (χ2v) is 4.97. The van der Waals surface area contributed by atoms with Crippen LogP contribution in [0.25, 0.3) is 0 Å². The number of nitrogens with one attached hydrogen (secondary N) is 1. The van der Waals surface area contributed by atoms with Crippen molar-refractivity contribution >= 4 is 11.8 Å². The molecule has 0 spiro atoms. The molecule has 1 atom stereocenters. The minimum Gasteiger partial charge on any atom is -0.389 e. The lowest BCUT2D eigenvalue weighted by atomic mass is 10.1. The van der Waals surface area contributed by atoms with Crippen molar-refractivity contribution in [1.29, 1.82) is 0 Å². The Balaban J connectivity index is 2.46. The first kappa shape index (κ1) is 13.8. The van der Waals surface area contributed by atoms with Crippen LogP contribution in [0.3, 0.4) is 0 Å². The molecule has 0 aliphatic carbocycles. The van der Waals surface area contributed by atoms with Gasteiger partial charge in [-0.1, -0.05) is 12.1 Å². The first-order valence-electron chi connectivity index (χ1n) is 5.84. The van der Waals surface area contributed by atoms with Crippen LogP contribution in [0.5, 0.6) is 0 Å². The summed E-state index contributed by atoms with van der Waals surface area (Å²) in [6.45, 7) is 3.81. The molecule has 102 valence electrons. The highest BCUT2D eigenvalue weighted by Crippen LogP contribution is 2.33. The first-order valence-corrected chi connectivity index (χ1v) is 6.65. The third kappa shape index (κ3) is 2.71. The summed E-state index contributed by atoms with van der Waals surface area (Å²) in [5, 5.41) is 16.2. The van der Waals surface area contributed by atoms with Gasteiger partial charge in [0.1, 0.15) is 5.82 Å². The molecule has 19 heavy (non-hydrogen) atoms.